The van der Waals surface area contributed by atoms with Gasteiger partial charge in [-0.3, -0.25) is 9.78 Å². The number of hydrogen-bond donors (Lipinski definition) is 0. The van der Waals surface area contributed by atoms with Crippen LogP contribution in [-0.4, -0.2) is 22.8 Å². The van der Waals surface area contributed by atoms with Crippen molar-refractivity contribution in [2.75, 3.05) is 7.05 Å². The molecule has 0 unspecified atom stereocenters. The molecule has 0 bridgehead atoms. The highest BCUT2D eigenvalue weighted by atomic mass is 35.5. The first-order valence-electron chi connectivity index (χ1n) is 5.67. The number of amides is 1. The molecule has 0 radical (unpaired) electrons. The van der Waals surface area contributed by atoms with E-state index in [1.807, 2.05) is 0 Å². The summed E-state index contributed by atoms with van der Waals surface area (Å²) in [7, 11) is 1.64. The number of benzene rings is 1. The van der Waals surface area contributed by atoms with Crippen molar-refractivity contribution >= 4 is 17.5 Å². The van der Waals surface area contributed by atoms with Crippen LogP contribution in [0.3, 0.4) is 0 Å². The van der Waals surface area contributed by atoms with Gasteiger partial charge in [0.15, 0.2) is 0 Å². The zero-order valence-corrected chi connectivity index (χ0v) is 11.1. The molecule has 1 aromatic heterocycles. The molecule has 0 fully saturated rings. The summed E-state index contributed by atoms with van der Waals surface area (Å²) >= 11 is 5.94. The Bertz CT molecular complexity index is 604. The highest BCUT2D eigenvalue weighted by Crippen LogP contribution is 2.16. The number of pyridine rings is 1. The summed E-state index contributed by atoms with van der Waals surface area (Å²) in [5.41, 5.74) is 1.05. The topological polar surface area (TPSA) is 33.2 Å². The largest absolute Gasteiger partial charge is 0.337 e. The lowest BCUT2D eigenvalue weighted by Crippen LogP contribution is -2.26. The van der Waals surface area contributed by atoms with Gasteiger partial charge in [0.1, 0.15) is 5.82 Å². The van der Waals surface area contributed by atoms with Gasteiger partial charge in [0.05, 0.1) is 10.6 Å². The predicted octanol–water partition coefficient (Wildman–Crippen LogP) is 3.15. The molecule has 2 aromatic rings. The van der Waals surface area contributed by atoms with E-state index in [1.165, 1.54) is 29.4 Å². The average Bonchev–Trinajstić information content (AvgIpc) is 2.38. The third-order valence-electron chi connectivity index (χ3n) is 2.65. The molecule has 0 saturated carbocycles. The molecule has 1 aromatic carbocycles. The van der Waals surface area contributed by atoms with Crippen LogP contribution in [0.15, 0.2) is 42.7 Å². The minimum Gasteiger partial charge on any atom is -0.337 e. The van der Waals surface area contributed by atoms with E-state index in [4.69, 9.17) is 11.6 Å². The standard InChI is InChI=1S/C14H12ClFN2O/c1-18(9-10-3-2-4-11(16)7-10)14(19)12-8-17-6-5-13(12)15/h2-8H,9H2,1H3. The Morgan fingerprint density at radius 2 is 2.21 bits per heavy atom. The molecule has 5 heteroatoms. The van der Waals surface area contributed by atoms with E-state index < -0.39 is 0 Å². The van der Waals surface area contributed by atoms with Crippen molar-refractivity contribution in [3.05, 3.63) is 64.7 Å². The molecule has 0 N–H and O–H groups in total. The molecule has 2 rings (SSSR count). The second-order valence-electron chi connectivity index (χ2n) is 4.15. The van der Waals surface area contributed by atoms with Crippen molar-refractivity contribution in [2.45, 2.75) is 6.54 Å². The van der Waals surface area contributed by atoms with Gasteiger partial charge < -0.3 is 4.90 Å². The maximum atomic E-state index is 13.1. The van der Waals surface area contributed by atoms with Gasteiger partial charge in [-0.2, -0.15) is 0 Å². The Morgan fingerprint density at radius 3 is 2.89 bits per heavy atom. The van der Waals surface area contributed by atoms with Gasteiger partial charge in [0.25, 0.3) is 5.91 Å². The highest BCUT2D eigenvalue weighted by molar-refractivity contribution is 6.33. The van der Waals surface area contributed by atoms with Crippen LogP contribution in [0.4, 0.5) is 4.39 Å². The third kappa shape index (κ3) is 3.29. The molecule has 3 nitrogen and oxygen atoms in total. The molecule has 0 spiro atoms. The highest BCUT2D eigenvalue weighted by Gasteiger charge is 2.15. The maximum absolute atomic E-state index is 13.1. The van der Waals surface area contributed by atoms with E-state index in [0.29, 0.717) is 17.1 Å². The second kappa shape index (κ2) is 5.80. The monoisotopic (exact) mass is 278 g/mol. The van der Waals surface area contributed by atoms with Gasteiger partial charge in [-0.1, -0.05) is 23.7 Å². The van der Waals surface area contributed by atoms with Gasteiger partial charge >= 0.3 is 0 Å². The minimum atomic E-state index is -0.322. The fraction of sp³-hybridized carbons (Fsp3) is 0.143. The predicted molar refractivity (Wildman–Crippen MR) is 71.4 cm³/mol. The first-order valence-corrected chi connectivity index (χ1v) is 6.05. The molecule has 0 aliphatic carbocycles. The summed E-state index contributed by atoms with van der Waals surface area (Å²) in [5.74, 6) is -0.569. The van der Waals surface area contributed by atoms with Crippen LogP contribution < -0.4 is 0 Å². The van der Waals surface area contributed by atoms with Crippen molar-refractivity contribution in [2.24, 2.45) is 0 Å². The molecular formula is C14H12ClFN2O. The molecule has 0 aliphatic heterocycles. The summed E-state index contributed by atoms with van der Waals surface area (Å²) < 4.78 is 13.1. The first-order chi connectivity index (χ1) is 9.08. The summed E-state index contributed by atoms with van der Waals surface area (Å²) in [6.45, 7) is 0.307. The number of carbonyl (C=O) groups is 1. The van der Waals surface area contributed by atoms with Gasteiger partial charge in [-0.15, -0.1) is 0 Å². The quantitative estimate of drug-likeness (QED) is 0.864. The van der Waals surface area contributed by atoms with E-state index >= 15 is 0 Å². The van der Waals surface area contributed by atoms with Gasteiger partial charge in [-0.25, -0.2) is 4.39 Å². The first kappa shape index (κ1) is 13.5. The Hall–Kier alpha value is -1.94. The Balaban J connectivity index is 2.14. The number of carbonyl (C=O) groups excluding carboxylic acids is 1. The van der Waals surface area contributed by atoms with Crippen LogP contribution in [0.25, 0.3) is 0 Å². The van der Waals surface area contributed by atoms with Crippen molar-refractivity contribution in [1.29, 1.82) is 0 Å². The SMILES string of the molecule is CN(Cc1cccc(F)c1)C(=O)c1cnccc1Cl. The van der Waals surface area contributed by atoms with E-state index in [9.17, 15) is 9.18 Å². The van der Waals surface area contributed by atoms with Crippen molar-refractivity contribution in [3.8, 4) is 0 Å². The second-order valence-corrected chi connectivity index (χ2v) is 4.55. The Labute approximate surface area is 115 Å². The molecule has 98 valence electrons. The van der Waals surface area contributed by atoms with Crippen LogP contribution >= 0.6 is 11.6 Å². The molecule has 1 amide bonds. The van der Waals surface area contributed by atoms with Crippen molar-refractivity contribution < 1.29 is 9.18 Å². The zero-order chi connectivity index (χ0) is 13.8. The van der Waals surface area contributed by atoms with Crippen LogP contribution in [0.1, 0.15) is 15.9 Å². The zero-order valence-electron chi connectivity index (χ0n) is 10.3. The fourth-order valence-corrected chi connectivity index (χ4v) is 1.91. The summed E-state index contributed by atoms with van der Waals surface area (Å²) in [5, 5.41) is 0.353. The van der Waals surface area contributed by atoms with Crippen LogP contribution in [0.2, 0.25) is 5.02 Å². The lowest BCUT2D eigenvalue weighted by atomic mass is 10.2. The number of nitrogens with zero attached hydrogens (tertiary/aromatic N) is 2. The normalized spacial score (nSPS) is 10.3. The fourth-order valence-electron chi connectivity index (χ4n) is 1.72. The summed E-state index contributed by atoms with van der Waals surface area (Å²) in [6.07, 6.45) is 2.94. The van der Waals surface area contributed by atoms with Crippen LogP contribution in [-0.2, 0) is 6.54 Å². The van der Waals surface area contributed by atoms with E-state index in [-0.39, 0.29) is 11.7 Å². The van der Waals surface area contributed by atoms with Crippen LogP contribution in [0.5, 0.6) is 0 Å². The van der Waals surface area contributed by atoms with Gasteiger partial charge in [0.2, 0.25) is 0 Å². The van der Waals surface area contributed by atoms with Gasteiger partial charge in [0, 0.05) is 26.0 Å². The third-order valence-corrected chi connectivity index (χ3v) is 2.98. The Morgan fingerprint density at radius 1 is 1.42 bits per heavy atom. The number of halogens is 2. The number of rotatable bonds is 3. The molecule has 0 aliphatic rings. The molecule has 0 atom stereocenters. The number of aromatic nitrogens is 1. The lowest BCUT2D eigenvalue weighted by molar-refractivity contribution is 0.0784. The minimum absolute atomic E-state index is 0.248. The van der Waals surface area contributed by atoms with Gasteiger partial charge in [-0.05, 0) is 23.8 Å². The molecule has 0 saturated heterocycles. The average molecular weight is 279 g/mol. The molecule has 19 heavy (non-hydrogen) atoms. The lowest BCUT2D eigenvalue weighted by Gasteiger charge is -2.17. The summed E-state index contributed by atoms with van der Waals surface area (Å²) in [4.78, 5) is 17.5. The van der Waals surface area contributed by atoms with E-state index in [2.05, 4.69) is 4.98 Å². The summed E-state index contributed by atoms with van der Waals surface area (Å²) in [6, 6.07) is 7.69. The maximum Gasteiger partial charge on any atom is 0.256 e. The van der Waals surface area contributed by atoms with Crippen molar-refractivity contribution in [3.63, 3.8) is 0 Å². The van der Waals surface area contributed by atoms with Crippen LogP contribution in [0, 0.1) is 5.82 Å². The van der Waals surface area contributed by atoms with Crippen molar-refractivity contribution in [1.82, 2.24) is 9.88 Å². The smallest absolute Gasteiger partial charge is 0.256 e. The van der Waals surface area contributed by atoms with E-state index in [1.54, 1.807) is 25.2 Å². The van der Waals surface area contributed by atoms with E-state index in [0.717, 1.165) is 5.56 Å². The molecular weight excluding hydrogens is 267 g/mol. The molecule has 1 heterocycles. The Kier molecular flexibility index (Phi) is 4.12. The number of hydrogen-bond acceptors (Lipinski definition) is 2.